The largest absolute Gasteiger partial charge is 0.480 e. The van der Waals surface area contributed by atoms with E-state index in [2.05, 4.69) is 23.4 Å². The number of hydrogen-bond acceptors (Lipinski definition) is 6. The normalized spacial score (nSPS) is 20.5. The molecular formula is C19H25ClN2O5S2. The number of likely N-dealkylation sites (tertiary alicyclic amines) is 1. The van der Waals surface area contributed by atoms with E-state index in [-0.39, 0.29) is 11.0 Å². The molecule has 3 N–H and O–H groups in total. The third-order valence-electron chi connectivity index (χ3n) is 4.06. The Labute approximate surface area is 183 Å². The Kier molecular flexibility index (Phi) is 11.2. The highest BCUT2D eigenvalue weighted by atomic mass is 35.5. The minimum absolute atomic E-state index is 0.0647. The van der Waals surface area contributed by atoms with Crippen LogP contribution < -0.4 is 5.32 Å². The van der Waals surface area contributed by atoms with Gasteiger partial charge in [0, 0.05) is 48.7 Å². The van der Waals surface area contributed by atoms with Gasteiger partial charge in [0.2, 0.25) is 5.91 Å². The van der Waals surface area contributed by atoms with Crippen molar-refractivity contribution in [3.05, 3.63) is 47.6 Å². The molecule has 7 nitrogen and oxygen atoms in total. The number of allylic oxidation sites excluding steroid dienone is 2. The van der Waals surface area contributed by atoms with Gasteiger partial charge in [-0.05, 0) is 17.6 Å². The molecule has 1 amide bonds. The Bertz CT molecular complexity index is 723. The zero-order valence-electron chi connectivity index (χ0n) is 16.1. The van der Waals surface area contributed by atoms with E-state index in [0.29, 0.717) is 24.5 Å². The molecule has 1 aliphatic heterocycles. The van der Waals surface area contributed by atoms with Crippen molar-refractivity contribution in [2.45, 2.75) is 24.6 Å². The summed E-state index contributed by atoms with van der Waals surface area (Å²) in [6.45, 7) is 10.4. The molecule has 1 heterocycles. The first-order valence-electron chi connectivity index (χ1n) is 8.75. The van der Waals surface area contributed by atoms with Crippen LogP contribution in [0.5, 0.6) is 0 Å². The second kappa shape index (κ2) is 12.8. The van der Waals surface area contributed by atoms with E-state index in [4.69, 9.17) is 11.6 Å². The molecule has 1 rings (SSSR count). The molecule has 1 fully saturated rings. The number of carboxylic acids is 2. The van der Waals surface area contributed by atoms with Crippen LogP contribution in [0.1, 0.15) is 13.3 Å². The zero-order valence-corrected chi connectivity index (χ0v) is 18.5. The molecule has 0 radical (unpaired) electrons. The van der Waals surface area contributed by atoms with E-state index in [1.807, 2.05) is 0 Å². The molecule has 0 bridgehead atoms. The molecular weight excluding hydrogens is 436 g/mol. The highest BCUT2D eigenvalue weighted by Gasteiger charge is 2.27. The van der Waals surface area contributed by atoms with Crippen LogP contribution in [0.4, 0.5) is 0 Å². The molecule has 2 atom stereocenters. The molecule has 29 heavy (non-hydrogen) atoms. The van der Waals surface area contributed by atoms with E-state index >= 15 is 0 Å². The van der Waals surface area contributed by atoms with Crippen LogP contribution in [0.3, 0.4) is 0 Å². The molecule has 0 aliphatic carbocycles. The van der Waals surface area contributed by atoms with Gasteiger partial charge in [-0.2, -0.15) is 0 Å². The standard InChI is InChI=1S/C19H25ClN2O5S2/c1-4-13(15(20)5-2)9-22-7-6-17(14(10-22)8-18(24)25)29-28-11-16(19(26)27)21-12(3)23/h4-5,8,16-17H,1-2,6-7,9-11H2,3H3,(H,21,23)(H,24,25)(H,26,27)/b14-8-,15-13-/t16-,17?/m0/s1. The lowest BCUT2D eigenvalue weighted by Gasteiger charge is -2.34. The van der Waals surface area contributed by atoms with Crippen LogP contribution >= 0.6 is 33.2 Å². The van der Waals surface area contributed by atoms with Crippen molar-refractivity contribution in [1.82, 2.24) is 10.2 Å². The van der Waals surface area contributed by atoms with Crippen LogP contribution in [0, 0.1) is 0 Å². The molecule has 0 saturated carbocycles. The highest BCUT2D eigenvalue weighted by molar-refractivity contribution is 8.77. The molecule has 160 valence electrons. The van der Waals surface area contributed by atoms with Crippen molar-refractivity contribution >= 4 is 51.0 Å². The predicted octanol–water partition coefficient (Wildman–Crippen LogP) is 2.91. The van der Waals surface area contributed by atoms with Gasteiger partial charge in [-0.1, -0.05) is 58.5 Å². The van der Waals surface area contributed by atoms with Crippen LogP contribution in [0.15, 0.2) is 47.6 Å². The second-order valence-electron chi connectivity index (χ2n) is 6.30. The molecule has 0 aromatic heterocycles. The van der Waals surface area contributed by atoms with E-state index < -0.39 is 23.9 Å². The smallest absolute Gasteiger partial charge is 0.328 e. The summed E-state index contributed by atoms with van der Waals surface area (Å²) in [7, 11) is 2.73. The predicted molar refractivity (Wildman–Crippen MR) is 119 cm³/mol. The summed E-state index contributed by atoms with van der Waals surface area (Å²) in [5, 5.41) is 21.2. The maximum Gasteiger partial charge on any atom is 0.328 e. The summed E-state index contributed by atoms with van der Waals surface area (Å²) in [4.78, 5) is 35.7. The molecule has 0 aromatic rings. The van der Waals surface area contributed by atoms with Gasteiger partial charge < -0.3 is 15.5 Å². The number of nitrogens with zero attached hydrogens (tertiary/aromatic N) is 1. The first kappa shape index (κ1) is 25.4. The molecule has 1 unspecified atom stereocenters. The Balaban J connectivity index is 2.76. The fourth-order valence-corrected chi connectivity index (χ4v) is 5.69. The number of hydrogen-bond donors (Lipinski definition) is 3. The summed E-state index contributed by atoms with van der Waals surface area (Å²) >= 11 is 6.13. The van der Waals surface area contributed by atoms with Gasteiger partial charge in [0.15, 0.2) is 0 Å². The molecule has 1 aliphatic rings. The van der Waals surface area contributed by atoms with Gasteiger partial charge in [-0.15, -0.1) is 0 Å². The quantitative estimate of drug-likeness (QED) is 0.245. The lowest BCUT2D eigenvalue weighted by molar-refractivity contribution is -0.140. The lowest BCUT2D eigenvalue weighted by atomic mass is 10.0. The summed E-state index contributed by atoms with van der Waals surface area (Å²) in [5.74, 6) is -2.36. The van der Waals surface area contributed by atoms with Crippen LogP contribution in [0.2, 0.25) is 0 Å². The minimum atomic E-state index is -1.10. The average Bonchev–Trinajstić information content (AvgIpc) is 2.65. The number of carboxylic acid groups (broad SMARTS) is 2. The maximum absolute atomic E-state index is 11.2. The highest BCUT2D eigenvalue weighted by Crippen LogP contribution is 2.36. The Morgan fingerprint density at radius 2 is 2.03 bits per heavy atom. The van der Waals surface area contributed by atoms with Crippen molar-refractivity contribution in [2.24, 2.45) is 0 Å². The van der Waals surface area contributed by atoms with Gasteiger partial charge >= 0.3 is 11.9 Å². The minimum Gasteiger partial charge on any atom is -0.480 e. The first-order chi connectivity index (χ1) is 13.7. The van der Waals surface area contributed by atoms with E-state index in [1.165, 1.54) is 34.6 Å². The van der Waals surface area contributed by atoms with Crippen molar-refractivity contribution in [3.8, 4) is 0 Å². The topological polar surface area (TPSA) is 107 Å². The number of nitrogens with one attached hydrogen (secondary N) is 1. The summed E-state index contributed by atoms with van der Waals surface area (Å²) < 4.78 is 0. The number of aliphatic carboxylic acids is 2. The summed E-state index contributed by atoms with van der Waals surface area (Å²) in [6.07, 6.45) is 5.11. The molecule has 0 aromatic carbocycles. The van der Waals surface area contributed by atoms with E-state index in [9.17, 15) is 24.6 Å². The zero-order chi connectivity index (χ0) is 22.0. The third kappa shape index (κ3) is 9.12. The third-order valence-corrected chi connectivity index (χ3v) is 7.34. The van der Waals surface area contributed by atoms with E-state index in [0.717, 1.165) is 17.7 Å². The van der Waals surface area contributed by atoms with Gasteiger partial charge in [-0.3, -0.25) is 9.69 Å². The number of carbonyl (C=O) groups excluding carboxylic acids is 1. The number of halogens is 1. The fourth-order valence-electron chi connectivity index (χ4n) is 2.69. The SMILES string of the molecule is C=C/C(Cl)=C(\C=C)CN1CCC(SSC[C@H](NC(C)=O)C(=O)O)/C(=C\C(=O)O)C1. The number of carbonyl (C=O) groups is 3. The lowest BCUT2D eigenvalue weighted by Crippen LogP contribution is -2.41. The Morgan fingerprint density at radius 1 is 1.34 bits per heavy atom. The number of amides is 1. The van der Waals surface area contributed by atoms with Gasteiger partial charge in [-0.25, -0.2) is 9.59 Å². The van der Waals surface area contributed by atoms with Gasteiger partial charge in [0.1, 0.15) is 6.04 Å². The molecule has 10 heteroatoms. The van der Waals surface area contributed by atoms with Crippen molar-refractivity contribution < 1.29 is 24.6 Å². The van der Waals surface area contributed by atoms with Gasteiger partial charge in [0.05, 0.1) is 0 Å². The van der Waals surface area contributed by atoms with Crippen LogP contribution in [-0.4, -0.2) is 69.6 Å². The van der Waals surface area contributed by atoms with E-state index in [1.54, 1.807) is 12.2 Å². The summed E-state index contributed by atoms with van der Waals surface area (Å²) in [6, 6.07) is -0.988. The number of piperidine rings is 1. The Morgan fingerprint density at radius 3 is 2.55 bits per heavy atom. The van der Waals surface area contributed by atoms with Crippen molar-refractivity contribution in [3.63, 3.8) is 0 Å². The van der Waals surface area contributed by atoms with Crippen LogP contribution in [-0.2, 0) is 14.4 Å². The average molecular weight is 461 g/mol. The second-order valence-corrected chi connectivity index (χ2v) is 9.32. The molecule has 0 spiro atoms. The monoisotopic (exact) mass is 460 g/mol. The first-order valence-corrected chi connectivity index (χ1v) is 11.5. The molecule has 1 saturated heterocycles. The van der Waals surface area contributed by atoms with Crippen molar-refractivity contribution in [1.29, 1.82) is 0 Å². The van der Waals surface area contributed by atoms with Crippen LogP contribution in [0.25, 0.3) is 0 Å². The van der Waals surface area contributed by atoms with Gasteiger partial charge in [0.25, 0.3) is 0 Å². The Hall–Kier alpha value is -1.68. The summed E-state index contributed by atoms with van der Waals surface area (Å²) in [5.41, 5.74) is 1.56. The number of rotatable bonds is 11. The fraction of sp³-hybridized carbons (Fsp3) is 0.421. The maximum atomic E-state index is 11.2. The van der Waals surface area contributed by atoms with Crippen molar-refractivity contribution in [2.75, 3.05) is 25.4 Å².